The minimum Gasteiger partial charge on any atom is -0.399 e. The van der Waals surface area contributed by atoms with Crippen LogP contribution in [0.4, 0.5) is 18.9 Å². The number of halogens is 3. The molecule has 0 amide bonds. The molecule has 3 nitrogen and oxygen atoms in total. The summed E-state index contributed by atoms with van der Waals surface area (Å²) in [6.07, 6.45) is -3.19. The highest BCUT2D eigenvalue weighted by molar-refractivity contribution is 5.98. The number of hydrogen-bond acceptors (Lipinski definition) is 3. The molecular formula is C13H15F3N2O. The lowest BCUT2D eigenvalue weighted by Crippen LogP contribution is -2.32. The van der Waals surface area contributed by atoms with Crippen molar-refractivity contribution in [1.29, 1.82) is 0 Å². The van der Waals surface area contributed by atoms with Gasteiger partial charge in [0, 0.05) is 17.2 Å². The summed E-state index contributed by atoms with van der Waals surface area (Å²) in [6, 6.07) is 3.06. The van der Waals surface area contributed by atoms with Gasteiger partial charge in [-0.1, -0.05) is 0 Å². The molecule has 0 bridgehead atoms. The third-order valence-electron chi connectivity index (χ3n) is 3.28. The lowest BCUT2D eigenvalue weighted by Gasteiger charge is -2.22. The Labute approximate surface area is 109 Å². The molecule has 1 aromatic carbocycles. The highest BCUT2D eigenvalue weighted by Crippen LogP contribution is 2.32. The van der Waals surface area contributed by atoms with Gasteiger partial charge in [0.1, 0.15) is 0 Å². The summed E-state index contributed by atoms with van der Waals surface area (Å²) in [4.78, 5) is 12.2. The number of carbonyl (C=O) groups excluding carboxylic acids is 1. The van der Waals surface area contributed by atoms with Crippen molar-refractivity contribution in [2.75, 3.05) is 18.8 Å². The first-order chi connectivity index (χ1) is 8.88. The average molecular weight is 272 g/mol. The predicted octanol–water partition coefficient (Wildman–Crippen LogP) is 2.47. The smallest absolute Gasteiger partial charge is 0.399 e. The number of carbonyl (C=O) groups is 1. The van der Waals surface area contributed by atoms with Crippen molar-refractivity contribution >= 4 is 11.5 Å². The SMILES string of the molecule is Nc1cc(C(=O)C2CCNCC2)cc(C(F)(F)F)c1. The average Bonchev–Trinajstić information content (AvgIpc) is 2.37. The van der Waals surface area contributed by atoms with Crippen LogP contribution in [-0.4, -0.2) is 18.9 Å². The number of benzene rings is 1. The number of Topliss-reactive ketones (excluding diaryl/α,β-unsaturated/α-hetero) is 1. The number of hydrogen-bond donors (Lipinski definition) is 2. The van der Waals surface area contributed by atoms with Crippen LogP contribution in [0, 0.1) is 5.92 Å². The van der Waals surface area contributed by atoms with Crippen molar-refractivity contribution in [2.24, 2.45) is 5.92 Å². The number of nitrogens with two attached hydrogens (primary N) is 1. The summed E-state index contributed by atoms with van der Waals surface area (Å²) in [6.45, 7) is 1.43. The van der Waals surface area contributed by atoms with Gasteiger partial charge < -0.3 is 11.1 Å². The number of anilines is 1. The Kier molecular flexibility index (Phi) is 3.80. The summed E-state index contributed by atoms with van der Waals surface area (Å²) in [5.74, 6) is -0.469. The van der Waals surface area contributed by atoms with Crippen LogP contribution < -0.4 is 11.1 Å². The van der Waals surface area contributed by atoms with E-state index < -0.39 is 11.7 Å². The molecule has 19 heavy (non-hydrogen) atoms. The molecule has 3 N–H and O–H groups in total. The van der Waals surface area contributed by atoms with Gasteiger partial charge in [0.2, 0.25) is 0 Å². The van der Waals surface area contributed by atoms with Crippen LogP contribution in [0.2, 0.25) is 0 Å². The molecule has 1 aliphatic heterocycles. The fraction of sp³-hybridized carbons (Fsp3) is 0.462. The first-order valence-corrected chi connectivity index (χ1v) is 6.10. The van der Waals surface area contributed by atoms with E-state index in [1.165, 1.54) is 6.07 Å². The fourth-order valence-electron chi connectivity index (χ4n) is 2.28. The van der Waals surface area contributed by atoms with E-state index in [2.05, 4.69) is 5.32 Å². The first-order valence-electron chi connectivity index (χ1n) is 6.10. The molecule has 1 fully saturated rings. The number of nitrogens with one attached hydrogen (secondary N) is 1. The van der Waals surface area contributed by atoms with E-state index in [-0.39, 0.29) is 23.0 Å². The molecule has 1 heterocycles. The van der Waals surface area contributed by atoms with Crippen LogP contribution in [0.3, 0.4) is 0 Å². The van der Waals surface area contributed by atoms with Crippen molar-refractivity contribution in [3.8, 4) is 0 Å². The standard InChI is InChI=1S/C13H15F3N2O/c14-13(15,16)10-5-9(6-11(17)7-10)12(19)8-1-3-18-4-2-8/h5-8,18H,1-4,17H2. The molecule has 2 rings (SSSR count). The minimum atomic E-state index is -4.49. The lowest BCUT2D eigenvalue weighted by molar-refractivity contribution is -0.137. The van der Waals surface area contributed by atoms with E-state index in [0.717, 1.165) is 12.1 Å². The van der Waals surface area contributed by atoms with Gasteiger partial charge in [0.25, 0.3) is 0 Å². The van der Waals surface area contributed by atoms with Crippen molar-refractivity contribution in [3.05, 3.63) is 29.3 Å². The Morgan fingerprint density at radius 2 is 1.84 bits per heavy atom. The first kappa shape index (κ1) is 13.9. The van der Waals surface area contributed by atoms with Crippen LogP contribution in [0.25, 0.3) is 0 Å². The summed E-state index contributed by atoms with van der Waals surface area (Å²) in [5.41, 5.74) is 4.61. The molecule has 0 aromatic heterocycles. The summed E-state index contributed by atoms with van der Waals surface area (Å²) < 4.78 is 38.0. The number of alkyl halides is 3. The van der Waals surface area contributed by atoms with Crippen LogP contribution >= 0.6 is 0 Å². The summed E-state index contributed by atoms with van der Waals surface area (Å²) in [5, 5.41) is 3.11. The molecule has 1 saturated heterocycles. The zero-order valence-electron chi connectivity index (χ0n) is 10.3. The van der Waals surface area contributed by atoms with Gasteiger partial charge in [-0.2, -0.15) is 13.2 Å². The van der Waals surface area contributed by atoms with Gasteiger partial charge in [0.15, 0.2) is 5.78 Å². The Balaban J connectivity index is 2.28. The number of rotatable bonds is 2. The number of ketones is 1. The van der Waals surface area contributed by atoms with Gasteiger partial charge in [-0.15, -0.1) is 0 Å². The van der Waals surface area contributed by atoms with Gasteiger partial charge in [0.05, 0.1) is 5.56 Å². The zero-order valence-corrected chi connectivity index (χ0v) is 10.3. The predicted molar refractivity (Wildman–Crippen MR) is 65.8 cm³/mol. The van der Waals surface area contributed by atoms with E-state index >= 15 is 0 Å². The number of nitrogen functional groups attached to an aromatic ring is 1. The van der Waals surface area contributed by atoms with Crippen molar-refractivity contribution in [3.63, 3.8) is 0 Å². The fourth-order valence-corrected chi connectivity index (χ4v) is 2.28. The Hall–Kier alpha value is -1.56. The molecule has 0 saturated carbocycles. The van der Waals surface area contributed by atoms with Crippen LogP contribution in [-0.2, 0) is 6.18 Å². The second kappa shape index (κ2) is 5.21. The second-order valence-electron chi connectivity index (χ2n) is 4.73. The van der Waals surface area contributed by atoms with Crippen molar-refractivity contribution in [1.82, 2.24) is 5.32 Å². The topological polar surface area (TPSA) is 55.1 Å². The van der Waals surface area contributed by atoms with E-state index in [4.69, 9.17) is 5.73 Å². The third-order valence-corrected chi connectivity index (χ3v) is 3.28. The zero-order chi connectivity index (χ0) is 14.0. The van der Waals surface area contributed by atoms with Crippen molar-refractivity contribution < 1.29 is 18.0 Å². The maximum atomic E-state index is 12.7. The molecule has 0 spiro atoms. The monoisotopic (exact) mass is 272 g/mol. The molecule has 104 valence electrons. The molecule has 0 atom stereocenters. The van der Waals surface area contributed by atoms with E-state index in [0.29, 0.717) is 25.9 Å². The minimum absolute atomic E-state index is 0.0351. The van der Waals surface area contributed by atoms with Gasteiger partial charge in [-0.25, -0.2) is 0 Å². The maximum absolute atomic E-state index is 12.7. The lowest BCUT2D eigenvalue weighted by atomic mass is 9.89. The van der Waals surface area contributed by atoms with Gasteiger partial charge >= 0.3 is 6.18 Å². The van der Waals surface area contributed by atoms with Crippen LogP contribution in [0.5, 0.6) is 0 Å². The number of piperidine rings is 1. The van der Waals surface area contributed by atoms with Gasteiger partial charge in [-0.3, -0.25) is 4.79 Å². The molecule has 0 unspecified atom stereocenters. The van der Waals surface area contributed by atoms with Crippen LogP contribution in [0.1, 0.15) is 28.8 Å². The largest absolute Gasteiger partial charge is 0.416 e. The molecule has 1 aliphatic rings. The Morgan fingerprint density at radius 3 is 2.42 bits per heavy atom. The second-order valence-corrected chi connectivity index (χ2v) is 4.73. The Bertz CT molecular complexity index is 479. The quantitative estimate of drug-likeness (QED) is 0.642. The molecule has 0 aliphatic carbocycles. The molecular weight excluding hydrogens is 257 g/mol. The maximum Gasteiger partial charge on any atom is 0.416 e. The summed E-state index contributed by atoms with van der Waals surface area (Å²) in [7, 11) is 0. The van der Waals surface area contributed by atoms with E-state index in [9.17, 15) is 18.0 Å². The molecule has 0 radical (unpaired) electrons. The third kappa shape index (κ3) is 3.26. The highest BCUT2D eigenvalue weighted by atomic mass is 19.4. The summed E-state index contributed by atoms with van der Waals surface area (Å²) >= 11 is 0. The molecule has 6 heteroatoms. The van der Waals surface area contributed by atoms with Crippen LogP contribution in [0.15, 0.2) is 18.2 Å². The van der Waals surface area contributed by atoms with Gasteiger partial charge in [-0.05, 0) is 44.1 Å². The normalized spacial score (nSPS) is 17.4. The van der Waals surface area contributed by atoms with Crippen molar-refractivity contribution in [2.45, 2.75) is 19.0 Å². The Morgan fingerprint density at radius 1 is 1.21 bits per heavy atom. The van der Waals surface area contributed by atoms with E-state index in [1.54, 1.807) is 0 Å². The van der Waals surface area contributed by atoms with E-state index in [1.807, 2.05) is 0 Å². The highest BCUT2D eigenvalue weighted by Gasteiger charge is 2.32. The molecule has 1 aromatic rings.